The molecule has 0 aliphatic carbocycles. The molecule has 114 valence electrons. The van der Waals surface area contributed by atoms with E-state index in [0.717, 1.165) is 0 Å². The number of unbranched alkanes of at least 4 members (excludes halogenated alkanes) is 1. The molecule has 0 aliphatic heterocycles. The maximum absolute atomic E-state index is 11.2. The van der Waals surface area contributed by atoms with E-state index >= 15 is 0 Å². The van der Waals surface area contributed by atoms with Crippen LogP contribution in [0.5, 0.6) is 0 Å². The molecule has 0 atom stereocenters. The van der Waals surface area contributed by atoms with Gasteiger partial charge >= 0.3 is 23.6 Å². The van der Waals surface area contributed by atoms with Gasteiger partial charge in [-0.2, -0.15) is 0 Å². The number of likely N-dealkylation sites (N-methyl/N-ethyl adjacent to an activating group) is 2. The first-order valence-electron chi connectivity index (χ1n) is 6.64. The van der Waals surface area contributed by atoms with E-state index in [1.807, 2.05) is 0 Å². The Balaban J connectivity index is 3.58. The van der Waals surface area contributed by atoms with E-state index in [4.69, 9.17) is 0 Å². The van der Waals surface area contributed by atoms with Crippen LogP contribution in [0.1, 0.15) is 26.7 Å². The van der Waals surface area contributed by atoms with Crippen LogP contribution < -0.4 is 21.3 Å². The molecule has 0 saturated heterocycles. The van der Waals surface area contributed by atoms with Crippen LogP contribution in [0.3, 0.4) is 0 Å². The summed E-state index contributed by atoms with van der Waals surface area (Å²) < 4.78 is 0. The first-order chi connectivity index (χ1) is 9.52. The van der Waals surface area contributed by atoms with Gasteiger partial charge in [0.1, 0.15) is 0 Å². The van der Waals surface area contributed by atoms with Gasteiger partial charge in [-0.1, -0.05) is 0 Å². The molecule has 8 heteroatoms. The van der Waals surface area contributed by atoms with E-state index in [0.29, 0.717) is 39.0 Å². The quantitative estimate of drug-likeness (QED) is 0.329. The Hall–Kier alpha value is -2.12. The van der Waals surface area contributed by atoms with Crippen molar-refractivity contribution in [3.63, 3.8) is 0 Å². The van der Waals surface area contributed by atoms with Crippen LogP contribution in [0.4, 0.5) is 0 Å². The van der Waals surface area contributed by atoms with Crippen molar-refractivity contribution >= 4 is 23.6 Å². The molecule has 0 saturated carbocycles. The van der Waals surface area contributed by atoms with E-state index in [1.54, 1.807) is 13.8 Å². The minimum absolute atomic E-state index is 0.340. The van der Waals surface area contributed by atoms with Gasteiger partial charge in [0, 0.05) is 26.2 Å². The minimum atomic E-state index is -0.668. The highest BCUT2D eigenvalue weighted by Crippen LogP contribution is 1.85. The molecule has 0 aromatic carbocycles. The molecule has 0 fully saturated rings. The first kappa shape index (κ1) is 17.9. The van der Waals surface area contributed by atoms with Crippen molar-refractivity contribution in [1.29, 1.82) is 0 Å². The van der Waals surface area contributed by atoms with Gasteiger partial charge in [0.2, 0.25) is 0 Å². The van der Waals surface area contributed by atoms with Crippen molar-refractivity contribution in [3.05, 3.63) is 0 Å². The Labute approximate surface area is 118 Å². The summed E-state index contributed by atoms with van der Waals surface area (Å²) in [6, 6.07) is 0. The van der Waals surface area contributed by atoms with Crippen molar-refractivity contribution in [2.45, 2.75) is 26.7 Å². The van der Waals surface area contributed by atoms with Gasteiger partial charge in [0.05, 0.1) is 0 Å². The lowest BCUT2D eigenvalue weighted by molar-refractivity contribution is -0.139. The Bertz CT molecular complexity index is 323. The second-order valence-electron chi connectivity index (χ2n) is 3.94. The van der Waals surface area contributed by atoms with E-state index in [9.17, 15) is 19.2 Å². The molecule has 0 aliphatic rings. The summed E-state index contributed by atoms with van der Waals surface area (Å²) in [5, 5.41) is 9.68. The molecule has 20 heavy (non-hydrogen) atoms. The number of rotatable bonds is 7. The second-order valence-corrected chi connectivity index (χ2v) is 3.94. The molecular formula is C12H22N4O4. The summed E-state index contributed by atoms with van der Waals surface area (Å²) >= 11 is 0. The SMILES string of the molecule is CCNC(=O)C(=O)NCCCCNC(=O)C(=O)NCC. The van der Waals surface area contributed by atoms with E-state index < -0.39 is 23.6 Å². The molecule has 0 unspecified atom stereocenters. The van der Waals surface area contributed by atoms with Crippen LogP contribution in [-0.4, -0.2) is 49.8 Å². The fourth-order valence-electron chi connectivity index (χ4n) is 1.30. The smallest absolute Gasteiger partial charge is 0.309 e. The van der Waals surface area contributed by atoms with Crippen LogP contribution in [0.25, 0.3) is 0 Å². The molecule has 0 aromatic heterocycles. The van der Waals surface area contributed by atoms with Gasteiger partial charge in [-0.25, -0.2) is 0 Å². The molecular weight excluding hydrogens is 264 g/mol. The van der Waals surface area contributed by atoms with Crippen LogP contribution in [0, 0.1) is 0 Å². The summed E-state index contributed by atoms with van der Waals surface area (Å²) in [5.74, 6) is -2.65. The fourth-order valence-corrected chi connectivity index (χ4v) is 1.30. The van der Waals surface area contributed by atoms with Crippen LogP contribution in [0.15, 0.2) is 0 Å². The van der Waals surface area contributed by atoms with Crippen LogP contribution in [-0.2, 0) is 19.2 Å². The van der Waals surface area contributed by atoms with Crippen molar-refractivity contribution in [3.8, 4) is 0 Å². The van der Waals surface area contributed by atoms with Crippen molar-refractivity contribution in [1.82, 2.24) is 21.3 Å². The third-order valence-corrected chi connectivity index (χ3v) is 2.26. The predicted octanol–water partition coefficient (Wildman–Crippen LogP) is -1.73. The molecule has 0 radical (unpaired) electrons. The van der Waals surface area contributed by atoms with Crippen molar-refractivity contribution < 1.29 is 19.2 Å². The number of carbonyl (C=O) groups is 4. The number of carbonyl (C=O) groups excluding carboxylic acids is 4. The third-order valence-electron chi connectivity index (χ3n) is 2.26. The molecule has 0 bridgehead atoms. The largest absolute Gasteiger partial charge is 0.348 e. The molecule has 4 N–H and O–H groups in total. The predicted molar refractivity (Wildman–Crippen MR) is 72.6 cm³/mol. The van der Waals surface area contributed by atoms with Gasteiger partial charge in [-0.05, 0) is 26.7 Å². The van der Waals surface area contributed by atoms with E-state index in [2.05, 4.69) is 21.3 Å². The van der Waals surface area contributed by atoms with Gasteiger partial charge in [0.15, 0.2) is 0 Å². The zero-order valence-corrected chi connectivity index (χ0v) is 11.9. The van der Waals surface area contributed by atoms with Gasteiger partial charge < -0.3 is 21.3 Å². The highest BCUT2D eigenvalue weighted by molar-refractivity contribution is 6.35. The standard InChI is InChI=1S/C12H22N4O4/c1-3-13-9(17)11(19)15-7-5-6-8-16-12(20)10(18)14-4-2/h3-8H2,1-2H3,(H,13,17)(H,14,18)(H,15,19)(H,16,20). The molecule has 0 aromatic rings. The van der Waals surface area contributed by atoms with E-state index in [1.165, 1.54) is 0 Å². The van der Waals surface area contributed by atoms with Crippen LogP contribution in [0.2, 0.25) is 0 Å². The number of nitrogens with one attached hydrogen (secondary N) is 4. The maximum atomic E-state index is 11.2. The summed E-state index contributed by atoms with van der Waals surface area (Å²) in [7, 11) is 0. The lowest BCUT2D eigenvalue weighted by Crippen LogP contribution is -2.41. The lowest BCUT2D eigenvalue weighted by Gasteiger charge is -2.06. The van der Waals surface area contributed by atoms with Gasteiger partial charge in [0.25, 0.3) is 0 Å². The summed E-state index contributed by atoms with van der Waals surface area (Å²) in [6.07, 6.45) is 1.20. The van der Waals surface area contributed by atoms with E-state index in [-0.39, 0.29) is 0 Å². The molecule has 4 amide bonds. The highest BCUT2D eigenvalue weighted by atomic mass is 16.2. The highest BCUT2D eigenvalue weighted by Gasteiger charge is 2.11. The van der Waals surface area contributed by atoms with Crippen molar-refractivity contribution in [2.24, 2.45) is 0 Å². The Morgan fingerprint density at radius 1 is 0.600 bits per heavy atom. The Kier molecular flexibility index (Phi) is 9.63. The average molecular weight is 286 g/mol. The normalized spacial score (nSPS) is 9.50. The number of hydrogen-bond donors (Lipinski definition) is 4. The maximum Gasteiger partial charge on any atom is 0.309 e. The Morgan fingerprint density at radius 3 is 1.20 bits per heavy atom. The lowest BCUT2D eigenvalue weighted by atomic mass is 10.3. The monoisotopic (exact) mass is 286 g/mol. The second kappa shape index (κ2) is 10.8. The molecule has 0 spiro atoms. The molecule has 8 nitrogen and oxygen atoms in total. The van der Waals surface area contributed by atoms with Crippen molar-refractivity contribution in [2.75, 3.05) is 26.2 Å². The van der Waals surface area contributed by atoms with Gasteiger partial charge in [-0.3, -0.25) is 19.2 Å². The molecule has 0 rings (SSSR count). The summed E-state index contributed by atoms with van der Waals surface area (Å²) in [5.41, 5.74) is 0. The summed E-state index contributed by atoms with van der Waals surface area (Å²) in [6.45, 7) is 4.93. The average Bonchev–Trinajstić information content (AvgIpc) is 2.42. The summed E-state index contributed by atoms with van der Waals surface area (Å²) in [4.78, 5) is 44.5. The van der Waals surface area contributed by atoms with Crippen LogP contribution >= 0.6 is 0 Å². The zero-order valence-electron chi connectivity index (χ0n) is 11.9. The topological polar surface area (TPSA) is 116 Å². The first-order valence-corrected chi connectivity index (χ1v) is 6.64. The zero-order chi connectivity index (χ0) is 15.4. The number of hydrogen-bond acceptors (Lipinski definition) is 4. The number of amides is 4. The minimum Gasteiger partial charge on any atom is -0.348 e. The Morgan fingerprint density at radius 2 is 0.900 bits per heavy atom. The van der Waals surface area contributed by atoms with Gasteiger partial charge in [-0.15, -0.1) is 0 Å². The molecule has 0 heterocycles. The third kappa shape index (κ3) is 8.06. The fraction of sp³-hybridized carbons (Fsp3) is 0.667.